The smallest absolute Gasteiger partial charge is 0.307 e. The highest BCUT2D eigenvalue weighted by molar-refractivity contribution is 5.93. The van der Waals surface area contributed by atoms with E-state index in [-0.39, 0.29) is 34.7 Å². The number of aliphatic carboxylic acids is 1. The van der Waals surface area contributed by atoms with Crippen molar-refractivity contribution in [2.24, 2.45) is 5.41 Å². The molecule has 0 saturated heterocycles. The third-order valence-corrected chi connectivity index (χ3v) is 5.63. The molecule has 0 bridgehead atoms. The molecule has 3 aromatic rings. The summed E-state index contributed by atoms with van der Waals surface area (Å²) in [5.74, 6) is -1.67. The largest absolute Gasteiger partial charge is 0.489 e. The van der Waals surface area contributed by atoms with Gasteiger partial charge in [-0.15, -0.1) is 0 Å². The van der Waals surface area contributed by atoms with Crippen LogP contribution in [-0.2, 0) is 11.2 Å². The molecule has 3 heterocycles. The standard InChI is InChI=1S/C24H28FN5O4/c1-13-14(10-21(31)32)22(15-9-17-19(11-16(15)25)34-8-7-26-17)30-20(28-13)12-18(29-30)23(33)27-6-5-24(2,3)4/h9,11-12,26H,5-8,10H2,1-4H3,(H,27,33)(H,31,32). The lowest BCUT2D eigenvalue weighted by molar-refractivity contribution is -0.136. The summed E-state index contributed by atoms with van der Waals surface area (Å²) in [5.41, 5.74) is 2.23. The monoisotopic (exact) mass is 469 g/mol. The number of aryl methyl sites for hydroxylation is 1. The zero-order valence-electron chi connectivity index (χ0n) is 19.7. The summed E-state index contributed by atoms with van der Waals surface area (Å²) in [4.78, 5) is 28.8. The number of hydrogen-bond acceptors (Lipinski definition) is 6. The highest BCUT2D eigenvalue weighted by Crippen LogP contribution is 2.37. The lowest BCUT2D eigenvalue weighted by Crippen LogP contribution is -2.27. The van der Waals surface area contributed by atoms with E-state index in [0.717, 1.165) is 6.42 Å². The maximum Gasteiger partial charge on any atom is 0.307 e. The molecule has 180 valence electrons. The second-order valence-electron chi connectivity index (χ2n) is 9.56. The van der Waals surface area contributed by atoms with Crippen molar-refractivity contribution >= 4 is 23.2 Å². The van der Waals surface area contributed by atoms with Crippen molar-refractivity contribution in [1.29, 1.82) is 0 Å². The number of hydrogen-bond donors (Lipinski definition) is 3. The molecular weight excluding hydrogens is 441 g/mol. The molecule has 0 unspecified atom stereocenters. The van der Waals surface area contributed by atoms with Gasteiger partial charge in [-0.05, 0) is 24.8 Å². The van der Waals surface area contributed by atoms with E-state index in [1.54, 1.807) is 13.0 Å². The molecule has 0 radical (unpaired) electrons. The lowest BCUT2D eigenvalue weighted by Gasteiger charge is -2.21. The number of anilines is 1. The van der Waals surface area contributed by atoms with Gasteiger partial charge in [0.05, 0.1) is 17.8 Å². The van der Waals surface area contributed by atoms with Crippen LogP contribution in [0.1, 0.15) is 48.9 Å². The van der Waals surface area contributed by atoms with E-state index < -0.39 is 11.8 Å². The van der Waals surface area contributed by atoms with Crippen molar-refractivity contribution in [1.82, 2.24) is 19.9 Å². The minimum absolute atomic E-state index is 0.0610. The second kappa shape index (κ2) is 8.92. The molecule has 0 saturated carbocycles. The first-order valence-corrected chi connectivity index (χ1v) is 11.1. The zero-order chi connectivity index (χ0) is 24.6. The number of nitrogens with zero attached hydrogens (tertiary/aromatic N) is 3. The van der Waals surface area contributed by atoms with Crippen LogP contribution in [0.25, 0.3) is 16.9 Å². The van der Waals surface area contributed by atoms with E-state index in [9.17, 15) is 14.7 Å². The number of ether oxygens (including phenoxy) is 1. The van der Waals surface area contributed by atoms with Crippen molar-refractivity contribution in [2.75, 3.05) is 25.0 Å². The zero-order valence-corrected chi connectivity index (χ0v) is 19.7. The molecule has 3 N–H and O–H groups in total. The molecule has 0 fully saturated rings. The Balaban J connectivity index is 1.84. The Morgan fingerprint density at radius 3 is 2.76 bits per heavy atom. The van der Waals surface area contributed by atoms with Crippen LogP contribution in [0.3, 0.4) is 0 Å². The number of amides is 1. The Labute approximate surface area is 196 Å². The molecule has 0 spiro atoms. The Hall–Kier alpha value is -3.69. The molecule has 0 aliphatic carbocycles. The summed E-state index contributed by atoms with van der Waals surface area (Å²) < 4.78 is 22.1. The average Bonchev–Trinajstić information content (AvgIpc) is 3.16. The maximum absolute atomic E-state index is 15.3. The normalized spacial score (nSPS) is 13.2. The molecule has 9 nitrogen and oxygen atoms in total. The van der Waals surface area contributed by atoms with Crippen LogP contribution in [-0.4, -0.2) is 51.3 Å². The highest BCUT2D eigenvalue weighted by Gasteiger charge is 2.25. The Morgan fingerprint density at radius 2 is 2.06 bits per heavy atom. The van der Waals surface area contributed by atoms with Crippen molar-refractivity contribution in [2.45, 2.75) is 40.5 Å². The van der Waals surface area contributed by atoms with E-state index in [0.29, 0.717) is 48.0 Å². The molecule has 1 aliphatic rings. The van der Waals surface area contributed by atoms with Crippen molar-refractivity contribution in [3.63, 3.8) is 0 Å². The van der Waals surface area contributed by atoms with E-state index in [1.807, 2.05) is 0 Å². The number of aromatic nitrogens is 3. The minimum Gasteiger partial charge on any atom is -0.489 e. The summed E-state index contributed by atoms with van der Waals surface area (Å²) in [5, 5.41) is 19.9. The molecule has 1 aliphatic heterocycles. The number of halogens is 1. The second-order valence-corrected chi connectivity index (χ2v) is 9.56. The average molecular weight is 470 g/mol. The number of carboxylic acids is 1. The lowest BCUT2D eigenvalue weighted by atomic mass is 9.92. The Kier molecular flexibility index (Phi) is 6.16. The number of carbonyl (C=O) groups is 2. The number of carbonyl (C=O) groups excluding carboxylic acids is 1. The van der Waals surface area contributed by atoms with Gasteiger partial charge in [0.25, 0.3) is 5.91 Å². The van der Waals surface area contributed by atoms with Gasteiger partial charge in [-0.1, -0.05) is 20.8 Å². The third kappa shape index (κ3) is 4.80. The van der Waals surface area contributed by atoms with Crippen molar-refractivity contribution in [3.05, 3.63) is 41.0 Å². The summed E-state index contributed by atoms with van der Waals surface area (Å²) in [7, 11) is 0. The van der Waals surface area contributed by atoms with Crippen molar-refractivity contribution in [3.8, 4) is 17.0 Å². The van der Waals surface area contributed by atoms with Crippen LogP contribution in [0.2, 0.25) is 0 Å². The van der Waals surface area contributed by atoms with E-state index in [1.165, 1.54) is 16.6 Å². The van der Waals surface area contributed by atoms with Gasteiger partial charge in [0.15, 0.2) is 11.3 Å². The van der Waals surface area contributed by atoms with Gasteiger partial charge in [0, 0.05) is 42.0 Å². The summed E-state index contributed by atoms with van der Waals surface area (Å²) in [6.45, 7) is 9.37. The first-order valence-electron chi connectivity index (χ1n) is 11.1. The van der Waals surface area contributed by atoms with Crippen LogP contribution in [0.15, 0.2) is 18.2 Å². The Morgan fingerprint density at radius 1 is 1.29 bits per heavy atom. The SMILES string of the molecule is Cc1nc2cc(C(=O)NCCC(C)(C)C)nn2c(-c2cc3c(cc2F)OCCN3)c1CC(=O)O. The highest BCUT2D eigenvalue weighted by atomic mass is 19.1. The molecule has 1 amide bonds. The molecular formula is C24H28FN5O4. The van der Waals surface area contributed by atoms with Crippen LogP contribution in [0, 0.1) is 18.2 Å². The van der Waals surface area contributed by atoms with Crippen molar-refractivity contribution < 1.29 is 23.8 Å². The predicted octanol–water partition coefficient (Wildman–Crippen LogP) is 3.44. The van der Waals surface area contributed by atoms with Crippen LogP contribution < -0.4 is 15.4 Å². The van der Waals surface area contributed by atoms with Gasteiger partial charge in [-0.3, -0.25) is 9.59 Å². The van der Waals surface area contributed by atoms with Gasteiger partial charge >= 0.3 is 5.97 Å². The summed E-state index contributed by atoms with van der Waals surface area (Å²) in [6, 6.07) is 4.37. The number of rotatable bonds is 6. The van der Waals surface area contributed by atoms with E-state index >= 15 is 4.39 Å². The summed E-state index contributed by atoms with van der Waals surface area (Å²) >= 11 is 0. The minimum atomic E-state index is -1.09. The number of benzene rings is 1. The maximum atomic E-state index is 15.3. The summed E-state index contributed by atoms with van der Waals surface area (Å²) in [6.07, 6.45) is 0.407. The fourth-order valence-electron chi connectivity index (χ4n) is 3.89. The van der Waals surface area contributed by atoms with Crippen LogP contribution in [0.4, 0.5) is 10.1 Å². The predicted molar refractivity (Wildman–Crippen MR) is 125 cm³/mol. The first kappa shape index (κ1) is 23.5. The molecule has 1 aromatic carbocycles. The van der Waals surface area contributed by atoms with E-state index in [4.69, 9.17) is 4.74 Å². The third-order valence-electron chi connectivity index (χ3n) is 5.63. The molecule has 4 rings (SSSR count). The number of nitrogens with one attached hydrogen (secondary N) is 2. The van der Waals surface area contributed by atoms with E-state index in [2.05, 4.69) is 41.5 Å². The molecule has 0 atom stereocenters. The first-order chi connectivity index (χ1) is 16.0. The van der Waals surface area contributed by atoms with Gasteiger partial charge in [0.1, 0.15) is 18.2 Å². The molecule has 2 aromatic heterocycles. The van der Waals surface area contributed by atoms with Crippen LogP contribution in [0.5, 0.6) is 5.75 Å². The van der Waals surface area contributed by atoms with Gasteiger partial charge in [-0.2, -0.15) is 5.10 Å². The van der Waals surface area contributed by atoms with Gasteiger partial charge < -0.3 is 20.5 Å². The quantitative estimate of drug-likeness (QED) is 0.506. The molecule has 10 heteroatoms. The fourth-order valence-corrected chi connectivity index (χ4v) is 3.89. The number of carboxylic acid groups (broad SMARTS) is 1. The number of fused-ring (bicyclic) bond motifs is 2. The Bertz CT molecular complexity index is 1280. The van der Waals surface area contributed by atoms with Gasteiger partial charge in [0.2, 0.25) is 0 Å². The van der Waals surface area contributed by atoms with Crippen LogP contribution >= 0.6 is 0 Å². The van der Waals surface area contributed by atoms with Gasteiger partial charge in [-0.25, -0.2) is 13.9 Å². The topological polar surface area (TPSA) is 118 Å². The fraction of sp³-hybridized carbons (Fsp3) is 0.417. The molecule has 34 heavy (non-hydrogen) atoms.